The van der Waals surface area contributed by atoms with Crippen molar-refractivity contribution in [3.63, 3.8) is 0 Å². The van der Waals surface area contributed by atoms with Crippen LogP contribution in [0.1, 0.15) is 48.9 Å². The van der Waals surface area contributed by atoms with Crippen LogP contribution in [0.4, 0.5) is 5.69 Å². The van der Waals surface area contributed by atoms with E-state index in [1.54, 1.807) is 9.80 Å². The highest BCUT2D eigenvalue weighted by Gasteiger charge is 2.29. The van der Waals surface area contributed by atoms with E-state index in [2.05, 4.69) is 0 Å². The second kappa shape index (κ2) is 8.69. The van der Waals surface area contributed by atoms with Gasteiger partial charge in [-0.15, -0.1) is 0 Å². The molecule has 27 heavy (non-hydrogen) atoms. The summed E-state index contributed by atoms with van der Waals surface area (Å²) < 4.78 is 0. The number of piperazine rings is 1. The Morgan fingerprint density at radius 2 is 1.74 bits per heavy atom. The Bertz CT molecular complexity index is 726. The van der Waals surface area contributed by atoms with Crippen LogP contribution in [-0.2, 0) is 4.79 Å². The monoisotopic (exact) mass is 393 g/mol. The molecule has 2 fully saturated rings. The van der Waals surface area contributed by atoms with Gasteiger partial charge in [-0.1, -0.05) is 37.3 Å². The van der Waals surface area contributed by atoms with Crippen molar-refractivity contribution in [2.45, 2.75) is 38.5 Å². The van der Waals surface area contributed by atoms with Gasteiger partial charge in [-0.2, -0.15) is 0 Å². The van der Waals surface area contributed by atoms with Crippen LogP contribution in [0.5, 0.6) is 0 Å². The second-order valence-corrected chi connectivity index (χ2v) is 7.72. The van der Waals surface area contributed by atoms with Crippen molar-refractivity contribution in [1.82, 2.24) is 9.80 Å². The quantitative estimate of drug-likeness (QED) is 0.566. The zero-order valence-electron chi connectivity index (χ0n) is 15.2. The van der Waals surface area contributed by atoms with Crippen LogP contribution in [0.15, 0.2) is 18.2 Å². The van der Waals surface area contributed by atoms with Gasteiger partial charge in [0.2, 0.25) is 5.91 Å². The number of rotatable bonds is 5. The predicted molar refractivity (Wildman–Crippen MR) is 102 cm³/mol. The molecule has 0 N–H and O–H groups in total. The minimum atomic E-state index is -0.595. The number of carbonyl (C=O) groups is 2. The average molecular weight is 394 g/mol. The predicted octanol–water partition coefficient (Wildman–Crippen LogP) is 3.50. The highest BCUT2D eigenvalue weighted by Crippen LogP contribution is 2.29. The van der Waals surface area contributed by atoms with Crippen molar-refractivity contribution in [3.8, 4) is 0 Å². The molecule has 1 aromatic carbocycles. The van der Waals surface area contributed by atoms with Gasteiger partial charge < -0.3 is 9.80 Å². The summed E-state index contributed by atoms with van der Waals surface area (Å²) in [5, 5.41) is 11.4. The Hall–Kier alpha value is -2.15. The Balaban J connectivity index is 1.55. The van der Waals surface area contributed by atoms with Crippen molar-refractivity contribution in [2.75, 3.05) is 26.2 Å². The fourth-order valence-corrected chi connectivity index (χ4v) is 4.12. The summed E-state index contributed by atoms with van der Waals surface area (Å²) in [6.07, 6.45) is 6.54. The molecule has 1 aliphatic heterocycles. The van der Waals surface area contributed by atoms with Crippen LogP contribution in [-0.4, -0.2) is 52.7 Å². The number of nitro benzene ring substituents is 1. The molecule has 2 aliphatic rings. The molecule has 2 amide bonds. The normalized spacial score (nSPS) is 18.0. The van der Waals surface area contributed by atoms with Crippen LogP contribution < -0.4 is 0 Å². The van der Waals surface area contributed by atoms with E-state index in [0.29, 0.717) is 38.5 Å². The van der Waals surface area contributed by atoms with Gasteiger partial charge in [0.15, 0.2) is 0 Å². The SMILES string of the molecule is O=C(CCC1CCCC1)N1CCN(C(=O)c2ccc(Cl)cc2[N+](=O)[O-])CC1. The van der Waals surface area contributed by atoms with Gasteiger partial charge in [0.1, 0.15) is 5.56 Å². The summed E-state index contributed by atoms with van der Waals surface area (Å²) in [6, 6.07) is 4.06. The molecule has 7 nitrogen and oxygen atoms in total. The van der Waals surface area contributed by atoms with Crippen molar-refractivity contribution < 1.29 is 14.5 Å². The lowest BCUT2D eigenvalue weighted by molar-refractivity contribution is -0.385. The molecule has 1 saturated heterocycles. The maximum Gasteiger partial charge on any atom is 0.283 e. The number of benzene rings is 1. The molecular weight excluding hydrogens is 370 g/mol. The molecule has 0 spiro atoms. The van der Waals surface area contributed by atoms with E-state index in [1.165, 1.54) is 43.9 Å². The number of amides is 2. The molecule has 0 unspecified atom stereocenters. The third-order valence-electron chi connectivity index (χ3n) is 5.55. The van der Waals surface area contributed by atoms with Gasteiger partial charge in [-0.25, -0.2) is 0 Å². The molecule has 8 heteroatoms. The second-order valence-electron chi connectivity index (χ2n) is 7.28. The molecule has 0 aromatic heterocycles. The van der Waals surface area contributed by atoms with E-state index in [4.69, 9.17) is 11.6 Å². The molecule has 3 rings (SSSR count). The van der Waals surface area contributed by atoms with Crippen LogP contribution >= 0.6 is 11.6 Å². The number of nitro groups is 1. The van der Waals surface area contributed by atoms with Crippen molar-refractivity contribution in [3.05, 3.63) is 38.9 Å². The lowest BCUT2D eigenvalue weighted by atomic mass is 10.0. The van der Waals surface area contributed by atoms with Crippen LogP contribution in [0.2, 0.25) is 5.02 Å². The lowest BCUT2D eigenvalue weighted by Gasteiger charge is -2.35. The molecule has 1 heterocycles. The van der Waals surface area contributed by atoms with E-state index >= 15 is 0 Å². The van der Waals surface area contributed by atoms with Gasteiger partial charge in [-0.05, 0) is 24.5 Å². The highest BCUT2D eigenvalue weighted by molar-refractivity contribution is 6.31. The molecule has 0 radical (unpaired) electrons. The van der Waals surface area contributed by atoms with Gasteiger partial charge in [-0.3, -0.25) is 19.7 Å². The van der Waals surface area contributed by atoms with Crippen molar-refractivity contribution >= 4 is 29.1 Å². The van der Waals surface area contributed by atoms with E-state index in [1.807, 2.05) is 0 Å². The average Bonchev–Trinajstić information content (AvgIpc) is 3.19. The third-order valence-corrected chi connectivity index (χ3v) is 5.78. The van der Waals surface area contributed by atoms with Crippen molar-refractivity contribution in [1.29, 1.82) is 0 Å². The maximum absolute atomic E-state index is 12.7. The van der Waals surface area contributed by atoms with E-state index in [9.17, 15) is 19.7 Å². The standard InChI is InChI=1S/C19H24ClN3O4/c20-15-6-7-16(17(13-15)23(26)27)19(25)22-11-9-21(10-12-22)18(24)8-5-14-3-1-2-4-14/h6-7,13-14H,1-5,8-12H2. The molecule has 146 valence electrons. The molecule has 1 aliphatic carbocycles. The maximum atomic E-state index is 12.7. The first-order chi connectivity index (χ1) is 13.0. The molecule has 0 atom stereocenters. The minimum Gasteiger partial charge on any atom is -0.339 e. The highest BCUT2D eigenvalue weighted by atomic mass is 35.5. The topological polar surface area (TPSA) is 83.8 Å². The third kappa shape index (κ3) is 4.77. The molecule has 1 saturated carbocycles. The summed E-state index contributed by atoms with van der Waals surface area (Å²) in [5.41, 5.74) is -0.257. The number of hydrogen-bond donors (Lipinski definition) is 0. The summed E-state index contributed by atoms with van der Waals surface area (Å²) >= 11 is 5.81. The minimum absolute atomic E-state index is 0.0328. The van der Waals surface area contributed by atoms with Crippen LogP contribution in [0.3, 0.4) is 0 Å². The summed E-state index contributed by atoms with van der Waals surface area (Å²) in [4.78, 5) is 39.1. The van der Waals surface area contributed by atoms with E-state index in [-0.39, 0.29) is 22.2 Å². The molecule has 0 bridgehead atoms. The first-order valence-corrected chi connectivity index (χ1v) is 9.84. The summed E-state index contributed by atoms with van der Waals surface area (Å²) in [5.74, 6) is 0.435. The number of nitrogens with zero attached hydrogens (tertiary/aromatic N) is 3. The smallest absolute Gasteiger partial charge is 0.283 e. The number of halogens is 1. The molecular formula is C19H24ClN3O4. The lowest BCUT2D eigenvalue weighted by Crippen LogP contribution is -2.50. The van der Waals surface area contributed by atoms with Gasteiger partial charge >= 0.3 is 0 Å². The molecule has 1 aromatic rings. The largest absolute Gasteiger partial charge is 0.339 e. The Morgan fingerprint density at radius 1 is 1.11 bits per heavy atom. The van der Waals surface area contributed by atoms with Gasteiger partial charge in [0, 0.05) is 43.7 Å². The Morgan fingerprint density at radius 3 is 2.37 bits per heavy atom. The van der Waals surface area contributed by atoms with Gasteiger partial charge in [0.25, 0.3) is 11.6 Å². The fourth-order valence-electron chi connectivity index (χ4n) is 3.95. The van der Waals surface area contributed by atoms with E-state index in [0.717, 1.165) is 6.42 Å². The summed E-state index contributed by atoms with van der Waals surface area (Å²) in [6.45, 7) is 1.70. The Kier molecular flexibility index (Phi) is 6.31. The zero-order valence-corrected chi connectivity index (χ0v) is 16.0. The van der Waals surface area contributed by atoms with E-state index < -0.39 is 10.8 Å². The number of hydrogen-bond acceptors (Lipinski definition) is 4. The Labute approximate surface area is 163 Å². The first kappa shape index (κ1) is 19.6. The summed E-state index contributed by atoms with van der Waals surface area (Å²) in [7, 11) is 0. The zero-order chi connectivity index (χ0) is 19.4. The number of carbonyl (C=O) groups excluding carboxylic acids is 2. The fraction of sp³-hybridized carbons (Fsp3) is 0.579. The van der Waals surface area contributed by atoms with Crippen LogP contribution in [0.25, 0.3) is 0 Å². The first-order valence-electron chi connectivity index (χ1n) is 9.46. The van der Waals surface area contributed by atoms with Crippen molar-refractivity contribution in [2.24, 2.45) is 5.92 Å². The van der Waals surface area contributed by atoms with Crippen LogP contribution in [0, 0.1) is 16.0 Å². The van der Waals surface area contributed by atoms with Gasteiger partial charge in [0.05, 0.1) is 4.92 Å².